The van der Waals surface area contributed by atoms with Gasteiger partial charge in [0.1, 0.15) is 0 Å². The molecule has 1 rings (SSSR count). The van der Waals surface area contributed by atoms with E-state index in [0.717, 1.165) is 4.47 Å². The van der Waals surface area contributed by atoms with E-state index in [-0.39, 0.29) is 18.9 Å². The number of imide groups is 1. The summed E-state index contributed by atoms with van der Waals surface area (Å²) in [7, 11) is 0. The number of carbonyl (C=O) groups is 4. The molecule has 0 unspecified atom stereocenters. The van der Waals surface area contributed by atoms with Gasteiger partial charge in [0.15, 0.2) is 6.61 Å². The third-order valence-electron chi connectivity index (χ3n) is 2.68. The minimum atomic E-state index is -0.729. The molecular weight excluding hydrogens is 382 g/mol. The van der Waals surface area contributed by atoms with Crippen LogP contribution in [-0.4, -0.2) is 43.5 Å². The molecule has 0 heterocycles. The van der Waals surface area contributed by atoms with Crippen LogP contribution in [0.25, 0.3) is 0 Å². The van der Waals surface area contributed by atoms with E-state index in [1.54, 1.807) is 31.2 Å². The van der Waals surface area contributed by atoms with Gasteiger partial charge in [0.2, 0.25) is 0 Å². The number of hydrogen-bond donors (Lipinski definition) is 3. The largest absolute Gasteiger partial charge is 0.456 e. The van der Waals surface area contributed by atoms with Crippen molar-refractivity contribution in [3.63, 3.8) is 0 Å². The van der Waals surface area contributed by atoms with Gasteiger partial charge in [0, 0.05) is 23.1 Å². The van der Waals surface area contributed by atoms with E-state index in [2.05, 4.69) is 26.6 Å². The normalized spacial score (nSPS) is 9.75. The van der Waals surface area contributed by atoms with Gasteiger partial charge in [-0.2, -0.15) is 0 Å². The van der Waals surface area contributed by atoms with Crippen LogP contribution in [0, 0.1) is 0 Å². The number of amides is 4. The summed E-state index contributed by atoms with van der Waals surface area (Å²) in [5.41, 5.74) is 0.466. The second-order valence-electron chi connectivity index (χ2n) is 4.58. The summed E-state index contributed by atoms with van der Waals surface area (Å²) in [6.45, 7) is 1.59. The zero-order valence-electron chi connectivity index (χ0n) is 13.1. The van der Waals surface area contributed by atoms with Gasteiger partial charge in [-0.1, -0.05) is 15.9 Å². The highest BCUT2D eigenvalue weighted by Gasteiger charge is 2.11. The quantitative estimate of drug-likeness (QED) is 0.590. The van der Waals surface area contributed by atoms with Crippen molar-refractivity contribution in [3.8, 4) is 0 Å². The maximum absolute atomic E-state index is 11.8. The van der Waals surface area contributed by atoms with Crippen LogP contribution < -0.4 is 16.0 Å². The Morgan fingerprint density at radius 2 is 1.75 bits per heavy atom. The van der Waals surface area contributed by atoms with E-state index >= 15 is 0 Å². The van der Waals surface area contributed by atoms with Crippen LogP contribution in [0.4, 0.5) is 4.79 Å². The molecule has 3 N–H and O–H groups in total. The van der Waals surface area contributed by atoms with Gasteiger partial charge in [-0.25, -0.2) is 4.79 Å². The highest BCUT2D eigenvalue weighted by Crippen LogP contribution is 2.10. The number of halogens is 1. The smallest absolute Gasteiger partial charge is 0.321 e. The first-order valence-electron chi connectivity index (χ1n) is 7.19. The average molecular weight is 400 g/mol. The fourth-order valence-electron chi connectivity index (χ4n) is 1.57. The maximum Gasteiger partial charge on any atom is 0.321 e. The van der Waals surface area contributed by atoms with Crippen LogP contribution in [0.5, 0.6) is 0 Å². The Balaban J connectivity index is 2.22. The Morgan fingerprint density at radius 3 is 2.38 bits per heavy atom. The standard InChI is InChI=1S/C15H18BrN3O5/c1-2-17-15(23)19-12(20)9-24-13(21)7-8-18-14(22)10-3-5-11(16)6-4-10/h3-6H,2,7-9H2,1H3,(H,18,22)(H2,17,19,20,23). The molecule has 0 saturated heterocycles. The fraction of sp³-hybridized carbons (Fsp3) is 0.333. The minimum Gasteiger partial charge on any atom is -0.456 e. The lowest BCUT2D eigenvalue weighted by molar-refractivity contribution is -0.148. The van der Waals surface area contributed by atoms with E-state index in [9.17, 15) is 19.2 Å². The van der Waals surface area contributed by atoms with Crippen molar-refractivity contribution >= 4 is 39.7 Å². The summed E-state index contributed by atoms with van der Waals surface area (Å²) < 4.78 is 5.55. The Labute approximate surface area is 147 Å². The number of hydrogen-bond acceptors (Lipinski definition) is 5. The summed E-state index contributed by atoms with van der Waals surface area (Å²) in [4.78, 5) is 45.6. The predicted molar refractivity (Wildman–Crippen MR) is 89.3 cm³/mol. The predicted octanol–water partition coefficient (Wildman–Crippen LogP) is 0.958. The molecule has 0 aliphatic carbocycles. The highest BCUT2D eigenvalue weighted by molar-refractivity contribution is 9.10. The van der Waals surface area contributed by atoms with Gasteiger partial charge in [-0.3, -0.25) is 19.7 Å². The molecule has 0 fully saturated rings. The van der Waals surface area contributed by atoms with Crippen LogP contribution in [-0.2, 0) is 14.3 Å². The number of benzene rings is 1. The van der Waals surface area contributed by atoms with Gasteiger partial charge in [0.05, 0.1) is 6.42 Å². The lowest BCUT2D eigenvalue weighted by Crippen LogP contribution is -2.41. The zero-order chi connectivity index (χ0) is 17.9. The molecule has 8 nitrogen and oxygen atoms in total. The fourth-order valence-corrected chi connectivity index (χ4v) is 1.83. The van der Waals surface area contributed by atoms with Crippen molar-refractivity contribution < 1.29 is 23.9 Å². The molecule has 0 saturated carbocycles. The minimum absolute atomic E-state index is 0.0751. The molecule has 0 atom stereocenters. The van der Waals surface area contributed by atoms with E-state index in [0.29, 0.717) is 12.1 Å². The van der Waals surface area contributed by atoms with Crippen LogP contribution in [0.1, 0.15) is 23.7 Å². The number of ether oxygens (including phenoxy) is 1. The third kappa shape index (κ3) is 7.73. The molecule has 0 spiro atoms. The first-order chi connectivity index (χ1) is 11.4. The van der Waals surface area contributed by atoms with Gasteiger partial charge in [-0.15, -0.1) is 0 Å². The molecule has 0 radical (unpaired) electrons. The molecule has 0 aliphatic heterocycles. The molecule has 1 aromatic carbocycles. The molecule has 0 aliphatic rings. The van der Waals surface area contributed by atoms with Crippen molar-refractivity contribution in [2.24, 2.45) is 0 Å². The first-order valence-corrected chi connectivity index (χ1v) is 7.98. The molecule has 130 valence electrons. The number of rotatable bonds is 7. The van der Waals surface area contributed by atoms with Crippen molar-refractivity contribution in [1.82, 2.24) is 16.0 Å². The Morgan fingerprint density at radius 1 is 1.08 bits per heavy atom. The molecule has 24 heavy (non-hydrogen) atoms. The lowest BCUT2D eigenvalue weighted by Gasteiger charge is -2.07. The van der Waals surface area contributed by atoms with E-state index < -0.39 is 24.5 Å². The van der Waals surface area contributed by atoms with Crippen LogP contribution in [0.3, 0.4) is 0 Å². The summed E-state index contributed by atoms with van der Waals surface area (Å²) in [5.74, 6) is -1.70. The summed E-state index contributed by atoms with van der Waals surface area (Å²) in [6, 6.07) is 6.10. The van der Waals surface area contributed by atoms with Crippen LogP contribution in [0.15, 0.2) is 28.7 Å². The topological polar surface area (TPSA) is 114 Å². The Hall–Kier alpha value is -2.42. The summed E-state index contributed by atoms with van der Waals surface area (Å²) >= 11 is 3.27. The van der Waals surface area contributed by atoms with Crippen molar-refractivity contribution in [2.45, 2.75) is 13.3 Å². The first kappa shape index (κ1) is 19.6. The van der Waals surface area contributed by atoms with Crippen molar-refractivity contribution in [3.05, 3.63) is 34.3 Å². The second kappa shape index (κ2) is 10.4. The van der Waals surface area contributed by atoms with E-state index in [4.69, 9.17) is 4.74 Å². The van der Waals surface area contributed by atoms with Crippen molar-refractivity contribution in [1.29, 1.82) is 0 Å². The lowest BCUT2D eigenvalue weighted by atomic mass is 10.2. The number of nitrogens with one attached hydrogen (secondary N) is 3. The summed E-state index contributed by atoms with van der Waals surface area (Å²) in [6.07, 6.45) is -0.0866. The van der Waals surface area contributed by atoms with Crippen molar-refractivity contribution in [2.75, 3.05) is 19.7 Å². The number of urea groups is 1. The second-order valence-corrected chi connectivity index (χ2v) is 5.50. The monoisotopic (exact) mass is 399 g/mol. The van der Waals surface area contributed by atoms with Gasteiger partial charge in [0.25, 0.3) is 11.8 Å². The third-order valence-corrected chi connectivity index (χ3v) is 3.20. The molecule has 0 aromatic heterocycles. The highest BCUT2D eigenvalue weighted by atomic mass is 79.9. The van der Waals surface area contributed by atoms with Crippen LogP contribution in [0.2, 0.25) is 0 Å². The SMILES string of the molecule is CCNC(=O)NC(=O)COC(=O)CCNC(=O)c1ccc(Br)cc1. The number of esters is 1. The number of carbonyl (C=O) groups excluding carboxylic acids is 4. The van der Waals surface area contributed by atoms with E-state index in [1.807, 2.05) is 5.32 Å². The van der Waals surface area contributed by atoms with Gasteiger partial charge < -0.3 is 15.4 Å². The van der Waals surface area contributed by atoms with E-state index in [1.165, 1.54) is 0 Å². The van der Waals surface area contributed by atoms with Crippen LogP contribution >= 0.6 is 15.9 Å². The molecule has 4 amide bonds. The Bertz CT molecular complexity index is 604. The summed E-state index contributed by atoms with van der Waals surface area (Å²) in [5, 5.41) is 6.93. The van der Waals surface area contributed by atoms with Gasteiger partial charge in [-0.05, 0) is 31.2 Å². The molecular formula is C15H18BrN3O5. The molecule has 9 heteroatoms. The molecule has 0 bridgehead atoms. The maximum atomic E-state index is 11.8. The average Bonchev–Trinajstić information content (AvgIpc) is 2.53. The zero-order valence-corrected chi connectivity index (χ0v) is 14.6. The Kier molecular flexibility index (Phi) is 8.48. The molecule has 1 aromatic rings. The van der Waals surface area contributed by atoms with Gasteiger partial charge >= 0.3 is 12.0 Å².